The van der Waals surface area contributed by atoms with Gasteiger partial charge in [0, 0.05) is 25.4 Å². The molecule has 0 saturated heterocycles. The molecule has 4 nitrogen and oxygen atoms in total. The standard InChI is InChI=1S/C18H27N3OS/c1-12(22)19-17-20-16(10-23-17)9-21(2)11-18-6-13-3-14(7-18)5-15(4-13)8-18/h10,13-15H,3-9,11H2,1-2H3,(H,19,20,22). The second-order valence-corrected chi connectivity index (χ2v) is 9.27. The molecule has 4 saturated carbocycles. The van der Waals surface area contributed by atoms with E-state index in [0.717, 1.165) is 35.1 Å². The van der Waals surface area contributed by atoms with Crippen LogP contribution in [0.2, 0.25) is 0 Å². The fourth-order valence-corrected chi connectivity index (χ4v) is 6.72. The van der Waals surface area contributed by atoms with E-state index in [1.807, 2.05) is 0 Å². The Labute approximate surface area is 142 Å². The first kappa shape index (κ1) is 15.6. The highest BCUT2D eigenvalue weighted by Crippen LogP contribution is 2.60. The van der Waals surface area contributed by atoms with E-state index >= 15 is 0 Å². The number of amides is 1. The fourth-order valence-electron chi connectivity index (χ4n) is 5.98. The average Bonchev–Trinajstić information content (AvgIpc) is 2.82. The van der Waals surface area contributed by atoms with Crippen molar-refractivity contribution in [3.05, 3.63) is 11.1 Å². The third-order valence-electron chi connectivity index (χ3n) is 6.04. The van der Waals surface area contributed by atoms with Crippen molar-refractivity contribution in [2.45, 2.75) is 52.0 Å². The third kappa shape index (κ3) is 3.31. The van der Waals surface area contributed by atoms with E-state index < -0.39 is 0 Å². The molecule has 1 amide bonds. The topological polar surface area (TPSA) is 45.2 Å². The molecule has 4 aliphatic rings. The summed E-state index contributed by atoms with van der Waals surface area (Å²) in [5, 5.41) is 5.56. The maximum absolute atomic E-state index is 11.1. The van der Waals surface area contributed by atoms with Gasteiger partial charge in [0.1, 0.15) is 0 Å². The highest BCUT2D eigenvalue weighted by molar-refractivity contribution is 7.13. The lowest BCUT2D eigenvalue weighted by atomic mass is 9.49. The van der Waals surface area contributed by atoms with Crippen LogP contribution in [0.15, 0.2) is 5.38 Å². The summed E-state index contributed by atoms with van der Waals surface area (Å²) in [7, 11) is 2.23. The minimum absolute atomic E-state index is 0.0483. The molecule has 0 radical (unpaired) electrons. The Morgan fingerprint density at radius 1 is 1.30 bits per heavy atom. The number of nitrogens with one attached hydrogen (secondary N) is 1. The Morgan fingerprint density at radius 3 is 2.48 bits per heavy atom. The zero-order valence-electron chi connectivity index (χ0n) is 14.2. The molecule has 1 aromatic heterocycles. The lowest BCUT2D eigenvalue weighted by molar-refractivity contribution is -0.114. The molecular weight excluding hydrogens is 306 g/mol. The maximum atomic E-state index is 11.1. The molecule has 1 heterocycles. The van der Waals surface area contributed by atoms with E-state index in [9.17, 15) is 4.79 Å². The van der Waals surface area contributed by atoms with Crippen molar-refractivity contribution >= 4 is 22.4 Å². The summed E-state index contributed by atoms with van der Waals surface area (Å²) in [5.74, 6) is 2.99. The Kier molecular flexibility index (Phi) is 3.96. The maximum Gasteiger partial charge on any atom is 0.223 e. The van der Waals surface area contributed by atoms with E-state index in [0.29, 0.717) is 5.41 Å². The SMILES string of the molecule is CC(=O)Nc1nc(CN(C)CC23CC4CC(CC(C4)C2)C3)cs1. The van der Waals surface area contributed by atoms with E-state index in [-0.39, 0.29) is 5.91 Å². The number of nitrogens with zero attached hydrogens (tertiary/aromatic N) is 2. The van der Waals surface area contributed by atoms with Gasteiger partial charge in [-0.2, -0.15) is 0 Å². The van der Waals surface area contributed by atoms with E-state index in [2.05, 4.69) is 27.6 Å². The highest BCUT2D eigenvalue weighted by atomic mass is 32.1. The first-order chi connectivity index (χ1) is 11.0. The quantitative estimate of drug-likeness (QED) is 0.892. The van der Waals surface area contributed by atoms with Gasteiger partial charge in [0.25, 0.3) is 0 Å². The summed E-state index contributed by atoms with van der Waals surface area (Å²) in [5.41, 5.74) is 1.66. The van der Waals surface area contributed by atoms with Crippen LogP contribution in [0.25, 0.3) is 0 Å². The van der Waals surface area contributed by atoms with Gasteiger partial charge in [-0.25, -0.2) is 4.98 Å². The Balaban J connectivity index is 1.37. The molecule has 0 spiro atoms. The van der Waals surface area contributed by atoms with Crippen molar-refractivity contribution in [1.29, 1.82) is 0 Å². The summed E-state index contributed by atoms with van der Waals surface area (Å²) in [6, 6.07) is 0. The van der Waals surface area contributed by atoms with E-state index in [1.54, 1.807) is 0 Å². The highest BCUT2D eigenvalue weighted by Gasteiger charge is 2.50. The van der Waals surface area contributed by atoms with Crippen molar-refractivity contribution in [3.63, 3.8) is 0 Å². The Hall–Kier alpha value is -0.940. The van der Waals surface area contributed by atoms with Gasteiger partial charge in [0.2, 0.25) is 5.91 Å². The number of hydrogen-bond donors (Lipinski definition) is 1. The van der Waals surface area contributed by atoms with Crippen LogP contribution < -0.4 is 5.32 Å². The van der Waals surface area contributed by atoms with Gasteiger partial charge in [-0.05, 0) is 68.7 Å². The molecule has 0 atom stereocenters. The smallest absolute Gasteiger partial charge is 0.223 e. The number of aromatic nitrogens is 1. The average molecular weight is 334 g/mol. The van der Waals surface area contributed by atoms with Crippen LogP contribution in [0.4, 0.5) is 5.13 Å². The van der Waals surface area contributed by atoms with Crippen LogP contribution in [-0.2, 0) is 11.3 Å². The molecule has 4 bridgehead atoms. The number of carbonyl (C=O) groups is 1. The monoisotopic (exact) mass is 333 g/mol. The van der Waals surface area contributed by atoms with Crippen LogP contribution in [0, 0.1) is 23.2 Å². The van der Waals surface area contributed by atoms with Crippen molar-refractivity contribution < 1.29 is 4.79 Å². The first-order valence-corrected chi connectivity index (χ1v) is 9.78. The van der Waals surface area contributed by atoms with Gasteiger partial charge < -0.3 is 5.32 Å². The normalized spacial score (nSPS) is 35.0. The lowest BCUT2D eigenvalue weighted by Gasteiger charge is -2.57. The van der Waals surface area contributed by atoms with Gasteiger partial charge in [-0.3, -0.25) is 9.69 Å². The molecule has 0 aliphatic heterocycles. The second kappa shape index (κ2) is 5.85. The lowest BCUT2D eigenvalue weighted by Crippen LogP contribution is -2.50. The zero-order valence-corrected chi connectivity index (χ0v) is 15.0. The summed E-state index contributed by atoms with van der Waals surface area (Å²) in [6.45, 7) is 3.63. The summed E-state index contributed by atoms with van der Waals surface area (Å²) >= 11 is 1.52. The van der Waals surface area contributed by atoms with Crippen LogP contribution >= 0.6 is 11.3 Å². The molecule has 1 aromatic rings. The van der Waals surface area contributed by atoms with Gasteiger partial charge >= 0.3 is 0 Å². The number of thiazole rings is 1. The molecule has 1 N–H and O–H groups in total. The number of hydrogen-bond acceptors (Lipinski definition) is 4. The summed E-state index contributed by atoms with van der Waals surface area (Å²) < 4.78 is 0. The molecule has 126 valence electrons. The predicted molar refractivity (Wildman–Crippen MR) is 93.4 cm³/mol. The van der Waals surface area contributed by atoms with E-state index in [1.165, 1.54) is 63.3 Å². The summed E-state index contributed by atoms with van der Waals surface area (Å²) in [6.07, 6.45) is 8.89. The Morgan fingerprint density at radius 2 is 1.91 bits per heavy atom. The molecule has 0 unspecified atom stereocenters. The van der Waals surface area contributed by atoms with Crippen molar-refractivity contribution in [1.82, 2.24) is 9.88 Å². The summed E-state index contributed by atoms with van der Waals surface area (Å²) in [4.78, 5) is 18.1. The van der Waals surface area contributed by atoms with Crippen LogP contribution in [0.5, 0.6) is 0 Å². The van der Waals surface area contributed by atoms with Crippen LogP contribution in [0.1, 0.15) is 51.1 Å². The predicted octanol–water partition coefficient (Wildman–Crippen LogP) is 3.75. The molecule has 5 heteroatoms. The van der Waals surface area contributed by atoms with Gasteiger partial charge in [-0.1, -0.05) is 0 Å². The van der Waals surface area contributed by atoms with E-state index in [4.69, 9.17) is 0 Å². The number of anilines is 1. The van der Waals surface area contributed by atoms with Gasteiger partial charge in [-0.15, -0.1) is 11.3 Å². The molecule has 4 aliphatic carbocycles. The van der Waals surface area contributed by atoms with Crippen LogP contribution in [0.3, 0.4) is 0 Å². The number of carbonyl (C=O) groups excluding carboxylic acids is 1. The zero-order chi connectivity index (χ0) is 16.0. The van der Waals surface area contributed by atoms with Gasteiger partial charge in [0.15, 0.2) is 5.13 Å². The fraction of sp³-hybridized carbons (Fsp3) is 0.778. The molecular formula is C18H27N3OS. The van der Waals surface area contributed by atoms with Crippen molar-refractivity contribution in [2.24, 2.45) is 23.2 Å². The third-order valence-corrected chi connectivity index (χ3v) is 6.84. The second-order valence-electron chi connectivity index (χ2n) is 8.42. The minimum atomic E-state index is -0.0483. The molecule has 4 fully saturated rings. The van der Waals surface area contributed by atoms with Crippen molar-refractivity contribution in [3.8, 4) is 0 Å². The Bertz CT molecular complexity index is 562. The first-order valence-electron chi connectivity index (χ1n) is 8.90. The largest absolute Gasteiger partial charge is 0.302 e. The molecule has 23 heavy (non-hydrogen) atoms. The molecule has 0 aromatic carbocycles. The molecule has 5 rings (SSSR count). The van der Waals surface area contributed by atoms with Crippen molar-refractivity contribution in [2.75, 3.05) is 18.9 Å². The van der Waals surface area contributed by atoms with Gasteiger partial charge in [0.05, 0.1) is 5.69 Å². The number of rotatable bonds is 5. The van der Waals surface area contributed by atoms with Crippen LogP contribution in [-0.4, -0.2) is 29.4 Å². The minimum Gasteiger partial charge on any atom is -0.302 e.